The van der Waals surface area contributed by atoms with Gasteiger partial charge in [-0.05, 0) is 30.7 Å². The van der Waals surface area contributed by atoms with Gasteiger partial charge in [0.15, 0.2) is 0 Å². The molecular formula is C12H17N3O2S. The normalized spacial score (nSPS) is 11.4. The van der Waals surface area contributed by atoms with Crippen molar-refractivity contribution in [3.63, 3.8) is 0 Å². The van der Waals surface area contributed by atoms with Crippen LogP contribution in [0.5, 0.6) is 5.75 Å². The van der Waals surface area contributed by atoms with Crippen molar-refractivity contribution >= 4 is 28.9 Å². The number of thiocarbonyl (C=S) groups is 1. The van der Waals surface area contributed by atoms with Crippen LogP contribution < -0.4 is 21.1 Å². The summed E-state index contributed by atoms with van der Waals surface area (Å²) in [6.07, 6.45) is 0.658. The third-order valence-corrected chi connectivity index (χ3v) is 2.69. The van der Waals surface area contributed by atoms with Crippen LogP contribution in [0.2, 0.25) is 0 Å². The number of rotatable bonds is 5. The minimum atomic E-state index is -0.334. The molecule has 1 atom stereocenters. The zero-order chi connectivity index (χ0) is 13.5. The lowest BCUT2D eigenvalue weighted by molar-refractivity contribution is 0.250. The fraction of sp³-hybridized carbons (Fsp3) is 0.333. The predicted octanol–water partition coefficient (Wildman–Crippen LogP) is 1.88. The van der Waals surface area contributed by atoms with Crippen LogP contribution in [0.25, 0.3) is 0 Å². The number of anilines is 1. The highest BCUT2D eigenvalue weighted by Crippen LogP contribution is 2.14. The summed E-state index contributed by atoms with van der Waals surface area (Å²) in [5.41, 5.74) is 6.17. The Bertz CT molecular complexity index is 420. The molecular weight excluding hydrogens is 250 g/mol. The zero-order valence-corrected chi connectivity index (χ0v) is 11.2. The summed E-state index contributed by atoms with van der Waals surface area (Å²) in [6.45, 7) is 1.90. The van der Waals surface area contributed by atoms with E-state index in [1.807, 2.05) is 6.92 Å². The lowest BCUT2D eigenvalue weighted by Gasteiger charge is -2.16. The minimum absolute atomic E-state index is 0.280. The van der Waals surface area contributed by atoms with Crippen molar-refractivity contribution in [1.82, 2.24) is 5.32 Å². The zero-order valence-electron chi connectivity index (χ0n) is 10.4. The Labute approximate surface area is 112 Å². The number of benzene rings is 1. The van der Waals surface area contributed by atoms with Gasteiger partial charge in [-0.15, -0.1) is 0 Å². The van der Waals surface area contributed by atoms with Gasteiger partial charge in [0, 0.05) is 5.69 Å². The number of hydrogen-bond acceptors (Lipinski definition) is 3. The Morgan fingerprint density at radius 2 is 2.06 bits per heavy atom. The van der Waals surface area contributed by atoms with Crippen LogP contribution in [-0.2, 0) is 0 Å². The van der Waals surface area contributed by atoms with Crippen molar-refractivity contribution in [2.24, 2.45) is 5.73 Å². The molecule has 0 bridgehead atoms. The molecule has 0 heterocycles. The highest BCUT2D eigenvalue weighted by atomic mass is 32.1. The minimum Gasteiger partial charge on any atom is -0.497 e. The molecule has 0 fully saturated rings. The van der Waals surface area contributed by atoms with Gasteiger partial charge in [0.1, 0.15) is 5.75 Å². The number of hydrogen-bond donors (Lipinski definition) is 3. The number of ether oxygens (including phenoxy) is 1. The molecule has 0 saturated carbocycles. The fourth-order valence-electron chi connectivity index (χ4n) is 1.37. The molecule has 0 aliphatic carbocycles. The van der Waals surface area contributed by atoms with Crippen LogP contribution in [0.3, 0.4) is 0 Å². The molecule has 4 N–H and O–H groups in total. The quantitative estimate of drug-likeness (QED) is 0.712. The van der Waals surface area contributed by atoms with Gasteiger partial charge in [0.05, 0.1) is 18.1 Å². The summed E-state index contributed by atoms with van der Waals surface area (Å²) in [6, 6.07) is 6.40. The number of carbonyl (C=O) groups excluding carboxylic acids is 1. The average Bonchev–Trinajstić information content (AvgIpc) is 2.36. The number of carbonyl (C=O) groups is 1. The maximum absolute atomic E-state index is 11.7. The van der Waals surface area contributed by atoms with Crippen LogP contribution >= 0.6 is 12.2 Å². The summed E-state index contributed by atoms with van der Waals surface area (Å²) in [5, 5.41) is 5.39. The standard InChI is InChI=1S/C12H17N3O2S/c1-3-10(11(13)18)15-12(16)14-8-4-6-9(17-2)7-5-8/h4-7,10H,3H2,1-2H3,(H2,13,18)(H2,14,15,16). The van der Waals surface area contributed by atoms with E-state index in [4.69, 9.17) is 22.7 Å². The Morgan fingerprint density at radius 1 is 1.44 bits per heavy atom. The second-order valence-corrected chi connectivity index (χ2v) is 4.16. The molecule has 0 spiro atoms. The molecule has 5 nitrogen and oxygen atoms in total. The van der Waals surface area contributed by atoms with Crippen LogP contribution in [-0.4, -0.2) is 24.2 Å². The van der Waals surface area contributed by atoms with Crippen LogP contribution in [0.4, 0.5) is 10.5 Å². The molecule has 0 saturated heterocycles. The number of methoxy groups -OCH3 is 1. The highest BCUT2D eigenvalue weighted by molar-refractivity contribution is 7.80. The molecule has 1 aromatic carbocycles. The van der Waals surface area contributed by atoms with E-state index in [0.29, 0.717) is 12.1 Å². The first kappa shape index (κ1) is 14.2. The molecule has 98 valence electrons. The highest BCUT2D eigenvalue weighted by Gasteiger charge is 2.12. The van der Waals surface area contributed by atoms with Gasteiger partial charge in [-0.3, -0.25) is 0 Å². The topological polar surface area (TPSA) is 76.4 Å². The first-order valence-electron chi connectivity index (χ1n) is 5.57. The van der Waals surface area contributed by atoms with E-state index < -0.39 is 0 Å². The van der Waals surface area contributed by atoms with Gasteiger partial charge < -0.3 is 21.1 Å². The van der Waals surface area contributed by atoms with Gasteiger partial charge in [0.2, 0.25) is 0 Å². The van der Waals surface area contributed by atoms with Crippen molar-refractivity contribution in [3.05, 3.63) is 24.3 Å². The van der Waals surface area contributed by atoms with Crippen molar-refractivity contribution < 1.29 is 9.53 Å². The molecule has 1 rings (SSSR count). The van der Waals surface area contributed by atoms with E-state index in [2.05, 4.69) is 10.6 Å². The third-order valence-electron chi connectivity index (χ3n) is 2.40. The van der Waals surface area contributed by atoms with E-state index in [9.17, 15) is 4.79 Å². The number of urea groups is 1. The Balaban J connectivity index is 2.55. The monoisotopic (exact) mass is 267 g/mol. The van der Waals surface area contributed by atoms with E-state index in [0.717, 1.165) is 5.75 Å². The molecule has 0 radical (unpaired) electrons. The van der Waals surface area contributed by atoms with Crippen LogP contribution in [0.15, 0.2) is 24.3 Å². The maximum atomic E-state index is 11.7. The van der Waals surface area contributed by atoms with E-state index >= 15 is 0 Å². The van der Waals surface area contributed by atoms with Gasteiger partial charge in [-0.2, -0.15) is 0 Å². The lowest BCUT2D eigenvalue weighted by atomic mass is 10.2. The summed E-state index contributed by atoms with van der Waals surface area (Å²) in [4.78, 5) is 12.0. The second-order valence-electron chi connectivity index (χ2n) is 3.69. The Morgan fingerprint density at radius 3 is 2.50 bits per heavy atom. The SMILES string of the molecule is CCC(NC(=O)Nc1ccc(OC)cc1)C(N)=S. The summed E-state index contributed by atoms with van der Waals surface area (Å²) in [7, 11) is 1.59. The van der Waals surface area contributed by atoms with Crippen molar-refractivity contribution in [2.75, 3.05) is 12.4 Å². The van der Waals surface area contributed by atoms with Crippen molar-refractivity contribution in [2.45, 2.75) is 19.4 Å². The predicted molar refractivity (Wildman–Crippen MR) is 76.0 cm³/mol. The molecule has 6 heteroatoms. The van der Waals surface area contributed by atoms with E-state index in [-0.39, 0.29) is 17.1 Å². The molecule has 1 aromatic rings. The van der Waals surface area contributed by atoms with E-state index in [1.54, 1.807) is 31.4 Å². The van der Waals surface area contributed by atoms with Gasteiger partial charge in [0.25, 0.3) is 0 Å². The molecule has 18 heavy (non-hydrogen) atoms. The first-order chi connectivity index (χ1) is 8.56. The third kappa shape index (κ3) is 4.21. The van der Waals surface area contributed by atoms with Crippen molar-refractivity contribution in [3.8, 4) is 5.75 Å². The number of amides is 2. The van der Waals surface area contributed by atoms with Gasteiger partial charge in [-0.25, -0.2) is 4.79 Å². The number of nitrogens with one attached hydrogen (secondary N) is 2. The van der Waals surface area contributed by atoms with Gasteiger partial charge in [-0.1, -0.05) is 19.1 Å². The summed E-state index contributed by atoms with van der Waals surface area (Å²) >= 11 is 4.85. The smallest absolute Gasteiger partial charge is 0.319 e. The maximum Gasteiger partial charge on any atom is 0.319 e. The van der Waals surface area contributed by atoms with E-state index in [1.165, 1.54) is 0 Å². The molecule has 0 aromatic heterocycles. The Kier molecular flexibility index (Phi) is 5.38. The molecule has 1 unspecified atom stereocenters. The van der Waals surface area contributed by atoms with Crippen LogP contribution in [0, 0.1) is 0 Å². The lowest BCUT2D eigenvalue weighted by Crippen LogP contribution is -2.44. The second kappa shape index (κ2) is 6.80. The van der Waals surface area contributed by atoms with Crippen molar-refractivity contribution in [1.29, 1.82) is 0 Å². The molecule has 0 aliphatic heterocycles. The fourth-order valence-corrected chi connectivity index (χ4v) is 1.60. The average molecular weight is 267 g/mol. The Hall–Kier alpha value is -1.82. The molecule has 0 aliphatic rings. The largest absolute Gasteiger partial charge is 0.497 e. The van der Waals surface area contributed by atoms with Crippen LogP contribution in [0.1, 0.15) is 13.3 Å². The summed E-state index contributed by atoms with van der Waals surface area (Å²) < 4.78 is 5.03. The number of nitrogens with two attached hydrogens (primary N) is 1. The van der Waals surface area contributed by atoms with Gasteiger partial charge >= 0.3 is 6.03 Å². The summed E-state index contributed by atoms with van der Waals surface area (Å²) in [5.74, 6) is 0.732. The molecule has 2 amide bonds. The first-order valence-corrected chi connectivity index (χ1v) is 5.98.